The van der Waals surface area contributed by atoms with Crippen LogP contribution in [-0.2, 0) is 0 Å². The predicted octanol–water partition coefficient (Wildman–Crippen LogP) is 3.90. The van der Waals surface area contributed by atoms with Crippen molar-refractivity contribution in [3.05, 3.63) is 63.1 Å². The van der Waals surface area contributed by atoms with Crippen molar-refractivity contribution in [1.29, 1.82) is 0 Å². The summed E-state index contributed by atoms with van der Waals surface area (Å²) in [6.45, 7) is 1.80. The first-order chi connectivity index (χ1) is 10.0. The number of hydrogen-bond donors (Lipinski definition) is 2. The van der Waals surface area contributed by atoms with Gasteiger partial charge in [-0.15, -0.1) is 0 Å². The van der Waals surface area contributed by atoms with E-state index in [4.69, 9.17) is 17.3 Å². The molecule has 0 aliphatic heterocycles. The summed E-state index contributed by atoms with van der Waals surface area (Å²) in [6, 6.07) is 12.8. The molecule has 0 fully saturated rings. The molecule has 2 rings (SSSR count). The number of aliphatic hydroxyl groups excluding tert-OH is 1. The average Bonchev–Trinajstić information content (AvgIpc) is 2.48. The Morgan fingerprint density at radius 1 is 1.29 bits per heavy atom. The van der Waals surface area contributed by atoms with Crippen LogP contribution in [0.1, 0.15) is 18.1 Å². The smallest absolute Gasteiger partial charge is 0.0759 e. The summed E-state index contributed by atoms with van der Waals surface area (Å²) in [7, 11) is 0. The lowest BCUT2D eigenvalue weighted by Crippen LogP contribution is -2.14. The Labute approximate surface area is 137 Å². The molecule has 0 saturated carbocycles. The molecule has 0 radical (unpaired) electrons. The topological polar surface area (TPSA) is 58.6 Å². The summed E-state index contributed by atoms with van der Waals surface area (Å²) < 4.78 is 0.906. The summed E-state index contributed by atoms with van der Waals surface area (Å²) >= 11 is 9.74. The summed E-state index contributed by atoms with van der Waals surface area (Å²) in [6.07, 6.45) is 0. The lowest BCUT2D eigenvalue weighted by atomic mass is 10.00. The minimum absolute atomic E-state index is 0.0398. The van der Waals surface area contributed by atoms with Gasteiger partial charge in [0.1, 0.15) is 0 Å². The molecule has 0 amide bonds. The van der Waals surface area contributed by atoms with Crippen LogP contribution in [0.4, 0.5) is 5.69 Å². The van der Waals surface area contributed by atoms with Crippen molar-refractivity contribution >= 4 is 38.9 Å². The van der Waals surface area contributed by atoms with Crippen molar-refractivity contribution in [1.82, 2.24) is 0 Å². The quantitative estimate of drug-likeness (QED) is 0.636. The minimum Gasteiger partial charge on any atom is -0.398 e. The highest BCUT2D eigenvalue weighted by atomic mass is 79.9. The molecule has 0 spiro atoms. The molecule has 1 atom stereocenters. The van der Waals surface area contributed by atoms with Gasteiger partial charge in [0.25, 0.3) is 0 Å². The van der Waals surface area contributed by atoms with Gasteiger partial charge >= 0.3 is 0 Å². The summed E-state index contributed by atoms with van der Waals surface area (Å²) in [5.74, 6) is 0. The molecule has 0 aliphatic rings. The molecule has 3 N–H and O–H groups in total. The predicted molar refractivity (Wildman–Crippen MR) is 92.2 cm³/mol. The highest BCUT2D eigenvalue weighted by Gasteiger charge is 2.15. The van der Waals surface area contributed by atoms with Crippen molar-refractivity contribution in [2.24, 2.45) is 4.99 Å². The fourth-order valence-corrected chi connectivity index (χ4v) is 2.52. The second-order valence-corrected chi connectivity index (χ2v) is 6.04. The summed E-state index contributed by atoms with van der Waals surface area (Å²) in [5.41, 5.74) is 8.97. The van der Waals surface area contributed by atoms with Crippen LogP contribution in [0.25, 0.3) is 0 Å². The lowest BCUT2D eigenvalue weighted by molar-refractivity contribution is 0.274. The van der Waals surface area contributed by atoms with Crippen LogP contribution in [0.5, 0.6) is 0 Å². The van der Waals surface area contributed by atoms with Gasteiger partial charge in [-0.2, -0.15) is 0 Å². The number of aliphatic hydroxyl groups is 1. The highest BCUT2D eigenvalue weighted by molar-refractivity contribution is 9.10. The number of nitrogens with zero attached hydrogens (tertiary/aromatic N) is 1. The Kier molecular flexibility index (Phi) is 5.39. The maximum atomic E-state index is 9.29. The molecule has 3 nitrogen and oxygen atoms in total. The molecular formula is C16H16BrClN2O. The first kappa shape index (κ1) is 16.0. The van der Waals surface area contributed by atoms with E-state index in [1.165, 1.54) is 0 Å². The third-order valence-corrected chi connectivity index (χ3v) is 3.84. The van der Waals surface area contributed by atoms with Crippen molar-refractivity contribution < 1.29 is 5.11 Å². The van der Waals surface area contributed by atoms with E-state index in [-0.39, 0.29) is 12.6 Å². The van der Waals surface area contributed by atoms with E-state index in [2.05, 4.69) is 20.9 Å². The van der Waals surface area contributed by atoms with Gasteiger partial charge in [-0.3, -0.25) is 4.99 Å². The number of anilines is 1. The van der Waals surface area contributed by atoms with Crippen LogP contribution >= 0.6 is 27.5 Å². The van der Waals surface area contributed by atoms with Crippen LogP contribution < -0.4 is 5.73 Å². The van der Waals surface area contributed by atoms with E-state index in [1.807, 2.05) is 49.4 Å². The third-order valence-electron chi connectivity index (χ3n) is 3.01. The highest BCUT2D eigenvalue weighted by Crippen LogP contribution is 2.26. The Hall–Kier alpha value is -1.36. The summed E-state index contributed by atoms with van der Waals surface area (Å²) in [4.78, 5) is 4.58. The monoisotopic (exact) mass is 366 g/mol. The Bertz CT molecular complexity index is 673. The molecule has 21 heavy (non-hydrogen) atoms. The van der Waals surface area contributed by atoms with Crippen LogP contribution in [0.15, 0.2) is 51.9 Å². The number of nitrogens with two attached hydrogens (primary N) is 1. The van der Waals surface area contributed by atoms with Gasteiger partial charge in [0.05, 0.1) is 18.4 Å². The number of hydrogen-bond acceptors (Lipinski definition) is 3. The molecule has 110 valence electrons. The van der Waals surface area contributed by atoms with Gasteiger partial charge in [0.2, 0.25) is 0 Å². The number of benzene rings is 2. The van der Waals surface area contributed by atoms with Crippen molar-refractivity contribution in [3.63, 3.8) is 0 Å². The molecular weight excluding hydrogens is 352 g/mol. The van der Waals surface area contributed by atoms with E-state index in [9.17, 15) is 5.11 Å². The van der Waals surface area contributed by atoms with Gasteiger partial charge in [-0.25, -0.2) is 0 Å². The minimum atomic E-state index is -0.241. The maximum Gasteiger partial charge on any atom is 0.0759 e. The van der Waals surface area contributed by atoms with Crippen LogP contribution in [0, 0.1) is 0 Å². The van der Waals surface area contributed by atoms with E-state index < -0.39 is 0 Å². The number of nitrogen functional groups attached to an aromatic ring is 1. The summed E-state index contributed by atoms with van der Waals surface area (Å²) in [5, 5.41) is 9.89. The number of rotatable bonds is 4. The first-order valence-corrected chi connectivity index (χ1v) is 7.69. The average molecular weight is 368 g/mol. The van der Waals surface area contributed by atoms with Gasteiger partial charge in [-0.05, 0) is 31.2 Å². The van der Waals surface area contributed by atoms with E-state index in [0.29, 0.717) is 16.4 Å². The van der Waals surface area contributed by atoms with E-state index >= 15 is 0 Å². The number of aliphatic imine (C=N–C) groups is 1. The van der Waals surface area contributed by atoms with Crippen LogP contribution in [-0.4, -0.2) is 23.5 Å². The van der Waals surface area contributed by atoms with Crippen molar-refractivity contribution in [2.75, 3.05) is 12.3 Å². The SMILES string of the molecule is CC(CO)N=C(c1cc(Br)ccc1N)c1ccccc1Cl. The maximum absolute atomic E-state index is 9.29. The standard InChI is InChI=1S/C16H16BrClN2O/c1-10(9-21)20-16(12-4-2-3-5-14(12)18)13-8-11(17)6-7-15(13)19/h2-8,10,21H,9,19H2,1H3. The van der Waals surface area contributed by atoms with Gasteiger partial charge in [0.15, 0.2) is 0 Å². The fraction of sp³-hybridized carbons (Fsp3) is 0.188. The van der Waals surface area contributed by atoms with Crippen molar-refractivity contribution in [2.45, 2.75) is 13.0 Å². The van der Waals surface area contributed by atoms with E-state index in [0.717, 1.165) is 15.6 Å². The van der Waals surface area contributed by atoms with Crippen LogP contribution in [0.2, 0.25) is 5.02 Å². The zero-order valence-corrected chi connectivity index (χ0v) is 13.9. The number of halogens is 2. The Morgan fingerprint density at radius 2 is 2.00 bits per heavy atom. The molecule has 0 aromatic heterocycles. The largest absolute Gasteiger partial charge is 0.398 e. The molecule has 0 aliphatic carbocycles. The van der Waals surface area contributed by atoms with Gasteiger partial charge in [0, 0.05) is 26.3 Å². The molecule has 2 aromatic rings. The zero-order valence-electron chi connectivity index (χ0n) is 11.6. The van der Waals surface area contributed by atoms with Gasteiger partial charge < -0.3 is 10.8 Å². The lowest BCUT2D eigenvalue weighted by Gasteiger charge is -2.14. The molecule has 0 heterocycles. The zero-order chi connectivity index (χ0) is 15.4. The molecule has 2 aromatic carbocycles. The van der Waals surface area contributed by atoms with Crippen LogP contribution in [0.3, 0.4) is 0 Å². The second kappa shape index (κ2) is 7.07. The first-order valence-electron chi connectivity index (χ1n) is 6.52. The van der Waals surface area contributed by atoms with Gasteiger partial charge in [-0.1, -0.05) is 45.7 Å². The van der Waals surface area contributed by atoms with Crippen molar-refractivity contribution in [3.8, 4) is 0 Å². The van der Waals surface area contributed by atoms with E-state index in [1.54, 1.807) is 0 Å². The Morgan fingerprint density at radius 3 is 2.67 bits per heavy atom. The molecule has 1 unspecified atom stereocenters. The fourth-order valence-electron chi connectivity index (χ4n) is 1.93. The Balaban J connectivity index is 2.65. The third kappa shape index (κ3) is 3.84. The molecule has 5 heteroatoms. The molecule has 0 bridgehead atoms. The second-order valence-electron chi connectivity index (χ2n) is 4.72. The molecule has 0 saturated heterocycles. The normalized spacial score (nSPS) is 13.2.